The van der Waals surface area contributed by atoms with Crippen molar-refractivity contribution in [2.24, 2.45) is 5.73 Å². The van der Waals surface area contributed by atoms with Gasteiger partial charge in [-0.2, -0.15) is 0 Å². The first-order valence-electron chi connectivity index (χ1n) is 5.44. The van der Waals surface area contributed by atoms with E-state index in [0.717, 1.165) is 23.1 Å². The number of fused-ring (bicyclic) bond motifs is 1. The van der Waals surface area contributed by atoms with Crippen LogP contribution in [-0.4, -0.2) is 18.1 Å². The summed E-state index contributed by atoms with van der Waals surface area (Å²) in [5, 5.41) is 5.08. The van der Waals surface area contributed by atoms with E-state index in [1.807, 2.05) is 36.4 Å². The Morgan fingerprint density at radius 1 is 1.29 bits per heavy atom. The molecule has 0 aliphatic heterocycles. The average molecular weight is 248 g/mol. The van der Waals surface area contributed by atoms with Crippen molar-refractivity contribution in [3.63, 3.8) is 0 Å². The van der Waals surface area contributed by atoms with Crippen LogP contribution in [-0.2, 0) is 0 Å². The minimum atomic E-state index is 0.564. The molecule has 1 aromatic carbocycles. The molecule has 3 nitrogen and oxygen atoms in total. The first-order chi connectivity index (χ1) is 8.31. The van der Waals surface area contributed by atoms with Crippen LogP contribution in [0.25, 0.3) is 10.9 Å². The number of rotatable bonds is 4. The highest BCUT2D eigenvalue weighted by Gasteiger charge is 2.01. The third-order valence-corrected chi connectivity index (χ3v) is 2.65. The Bertz CT molecular complexity index is 537. The number of anilines is 1. The Morgan fingerprint density at radius 2 is 2.18 bits per heavy atom. The van der Waals surface area contributed by atoms with Gasteiger partial charge in [0.15, 0.2) is 0 Å². The number of nitrogens with zero attached hydrogens (tertiary/aromatic N) is 1. The van der Waals surface area contributed by atoms with Gasteiger partial charge < -0.3 is 11.1 Å². The Hall–Kier alpha value is -1.58. The zero-order valence-electron chi connectivity index (χ0n) is 9.36. The number of halogens is 1. The van der Waals surface area contributed by atoms with Gasteiger partial charge in [0.2, 0.25) is 0 Å². The van der Waals surface area contributed by atoms with Crippen LogP contribution in [0.5, 0.6) is 0 Å². The molecule has 0 bridgehead atoms. The maximum absolute atomic E-state index is 5.93. The van der Waals surface area contributed by atoms with Crippen LogP contribution >= 0.6 is 11.6 Å². The van der Waals surface area contributed by atoms with Crippen LogP contribution < -0.4 is 11.1 Å². The summed E-state index contributed by atoms with van der Waals surface area (Å²) >= 11 is 5.93. The zero-order valence-corrected chi connectivity index (χ0v) is 10.1. The summed E-state index contributed by atoms with van der Waals surface area (Å²) in [6, 6.07) is 7.65. The Kier molecular flexibility index (Phi) is 3.96. The van der Waals surface area contributed by atoms with Crippen molar-refractivity contribution in [2.75, 3.05) is 18.4 Å². The normalized spacial score (nSPS) is 11.2. The van der Waals surface area contributed by atoms with Gasteiger partial charge in [-0.25, -0.2) is 0 Å². The highest BCUT2D eigenvalue weighted by molar-refractivity contribution is 6.31. The molecule has 0 unspecified atom stereocenters. The van der Waals surface area contributed by atoms with Gasteiger partial charge in [0.05, 0.1) is 5.52 Å². The zero-order chi connectivity index (χ0) is 12.1. The lowest BCUT2D eigenvalue weighted by Crippen LogP contribution is -2.01. The minimum absolute atomic E-state index is 0.564. The predicted octanol–water partition coefficient (Wildman–Crippen LogP) is 2.82. The number of aromatic nitrogens is 1. The molecule has 88 valence electrons. The van der Waals surface area contributed by atoms with Crippen molar-refractivity contribution in [2.45, 2.75) is 0 Å². The standard InChI is InChI=1S/C13H14ClN3/c14-10-3-4-11-12(16-7-2-1-6-15)5-8-17-13(11)9-10/h1-5,8-9H,6-7,15H2,(H,16,17)/b2-1+. The molecule has 4 heteroatoms. The highest BCUT2D eigenvalue weighted by atomic mass is 35.5. The van der Waals surface area contributed by atoms with Crippen LogP contribution in [0.15, 0.2) is 42.6 Å². The second-order valence-corrected chi connectivity index (χ2v) is 4.04. The van der Waals surface area contributed by atoms with Crippen molar-refractivity contribution in [3.05, 3.63) is 47.6 Å². The largest absolute Gasteiger partial charge is 0.381 e. The molecule has 0 saturated carbocycles. The molecule has 2 rings (SSSR count). The van der Waals surface area contributed by atoms with Crippen molar-refractivity contribution in [1.29, 1.82) is 0 Å². The number of pyridine rings is 1. The molecule has 3 N–H and O–H groups in total. The molecular weight excluding hydrogens is 234 g/mol. The van der Waals surface area contributed by atoms with E-state index in [2.05, 4.69) is 10.3 Å². The predicted molar refractivity (Wildman–Crippen MR) is 73.4 cm³/mol. The third kappa shape index (κ3) is 2.96. The Labute approximate surface area is 105 Å². The van der Waals surface area contributed by atoms with Crippen LogP contribution in [0.3, 0.4) is 0 Å². The smallest absolute Gasteiger partial charge is 0.0737 e. The molecule has 0 amide bonds. The lowest BCUT2D eigenvalue weighted by Gasteiger charge is -2.07. The maximum Gasteiger partial charge on any atom is 0.0737 e. The molecule has 17 heavy (non-hydrogen) atoms. The van der Waals surface area contributed by atoms with Gasteiger partial charge in [0.25, 0.3) is 0 Å². The van der Waals surface area contributed by atoms with Crippen LogP contribution in [0.1, 0.15) is 0 Å². The molecule has 0 atom stereocenters. The van der Waals surface area contributed by atoms with Crippen molar-refractivity contribution < 1.29 is 0 Å². The second-order valence-electron chi connectivity index (χ2n) is 3.61. The molecule has 0 spiro atoms. The molecule has 0 aliphatic rings. The summed E-state index contributed by atoms with van der Waals surface area (Å²) in [4.78, 5) is 4.28. The van der Waals surface area contributed by atoms with E-state index in [4.69, 9.17) is 17.3 Å². The number of hydrogen-bond acceptors (Lipinski definition) is 3. The topological polar surface area (TPSA) is 50.9 Å². The van der Waals surface area contributed by atoms with Crippen LogP contribution in [0, 0.1) is 0 Å². The van der Waals surface area contributed by atoms with Gasteiger partial charge in [-0.05, 0) is 24.3 Å². The summed E-state index contributed by atoms with van der Waals surface area (Å²) < 4.78 is 0. The fraction of sp³-hybridized carbons (Fsp3) is 0.154. The third-order valence-electron chi connectivity index (χ3n) is 2.42. The van der Waals surface area contributed by atoms with E-state index in [1.165, 1.54) is 0 Å². The molecule has 2 aromatic rings. The monoisotopic (exact) mass is 247 g/mol. The first-order valence-corrected chi connectivity index (χ1v) is 5.82. The minimum Gasteiger partial charge on any atom is -0.381 e. The van der Waals surface area contributed by atoms with Crippen LogP contribution in [0.2, 0.25) is 5.02 Å². The SMILES string of the molecule is NC/C=C/CNc1ccnc2cc(Cl)ccc12. The lowest BCUT2D eigenvalue weighted by atomic mass is 10.2. The second kappa shape index (κ2) is 5.66. The number of benzene rings is 1. The van der Waals surface area contributed by atoms with Crippen molar-refractivity contribution >= 4 is 28.2 Å². The quantitative estimate of drug-likeness (QED) is 0.817. The first kappa shape index (κ1) is 11.9. The van der Waals surface area contributed by atoms with E-state index in [0.29, 0.717) is 11.6 Å². The fourth-order valence-electron chi connectivity index (χ4n) is 1.62. The van der Waals surface area contributed by atoms with Gasteiger partial charge in [-0.1, -0.05) is 23.8 Å². The number of nitrogens with one attached hydrogen (secondary N) is 1. The number of hydrogen-bond donors (Lipinski definition) is 2. The van der Waals surface area contributed by atoms with Gasteiger partial charge in [0.1, 0.15) is 0 Å². The lowest BCUT2D eigenvalue weighted by molar-refractivity contribution is 1.22. The number of nitrogens with two attached hydrogens (primary N) is 1. The fourth-order valence-corrected chi connectivity index (χ4v) is 1.79. The summed E-state index contributed by atoms with van der Waals surface area (Å²) in [5.74, 6) is 0. The summed E-state index contributed by atoms with van der Waals surface area (Å²) in [7, 11) is 0. The van der Waals surface area contributed by atoms with Gasteiger partial charge >= 0.3 is 0 Å². The summed E-state index contributed by atoms with van der Waals surface area (Å²) in [6.45, 7) is 1.31. The molecule has 1 heterocycles. The van der Waals surface area contributed by atoms with Gasteiger partial charge in [0, 0.05) is 35.4 Å². The van der Waals surface area contributed by atoms with E-state index in [-0.39, 0.29) is 0 Å². The summed E-state index contributed by atoms with van der Waals surface area (Å²) in [5.41, 5.74) is 7.32. The molecule has 0 aliphatic carbocycles. The van der Waals surface area contributed by atoms with Crippen molar-refractivity contribution in [1.82, 2.24) is 4.98 Å². The van der Waals surface area contributed by atoms with E-state index in [1.54, 1.807) is 6.20 Å². The molecule has 0 fully saturated rings. The van der Waals surface area contributed by atoms with E-state index >= 15 is 0 Å². The molecular formula is C13H14ClN3. The molecule has 0 saturated heterocycles. The maximum atomic E-state index is 5.93. The van der Waals surface area contributed by atoms with Gasteiger partial charge in [-0.15, -0.1) is 0 Å². The summed E-state index contributed by atoms with van der Waals surface area (Å²) in [6.07, 6.45) is 5.70. The highest BCUT2D eigenvalue weighted by Crippen LogP contribution is 2.24. The van der Waals surface area contributed by atoms with Crippen LogP contribution in [0.4, 0.5) is 5.69 Å². The average Bonchev–Trinajstić information content (AvgIpc) is 2.34. The van der Waals surface area contributed by atoms with E-state index in [9.17, 15) is 0 Å². The molecule has 0 radical (unpaired) electrons. The van der Waals surface area contributed by atoms with Crippen molar-refractivity contribution in [3.8, 4) is 0 Å². The Morgan fingerprint density at radius 3 is 3.00 bits per heavy atom. The Balaban J connectivity index is 2.25. The van der Waals surface area contributed by atoms with E-state index < -0.39 is 0 Å². The molecule has 1 aromatic heterocycles. The van der Waals surface area contributed by atoms with Gasteiger partial charge in [-0.3, -0.25) is 4.98 Å².